The maximum absolute atomic E-state index is 6.64. The van der Waals surface area contributed by atoms with E-state index in [4.69, 9.17) is 9.40 Å². The van der Waals surface area contributed by atoms with Crippen LogP contribution in [0.15, 0.2) is 192 Å². The fourth-order valence-corrected chi connectivity index (χ4v) is 8.36. The molecule has 0 saturated heterocycles. The summed E-state index contributed by atoms with van der Waals surface area (Å²) in [6, 6.07) is 66.4. The molecule has 0 amide bonds. The van der Waals surface area contributed by atoms with Gasteiger partial charge in [0, 0.05) is 50.5 Å². The fourth-order valence-electron chi connectivity index (χ4n) is 8.36. The van der Waals surface area contributed by atoms with Gasteiger partial charge in [0.05, 0.1) is 0 Å². The SMILES string of the molecule is CC1(C)c2ccccc2-c2ccc3c(ccc4nc(-c5ccc(N(c6ccccc6)c6cccc(N(c7ccccc7)c7ccccc7)c6)cc5)oc43)c21. The van der Waals surface area contributed by atoms with Crippen molar-refractivity contribution < 1.29 is 4.42 Å². The van der Waals surface area contributed by atoms with E-state index in [9.17, 15) is 0 Å². The summed E-state index contributed by atoms with van der Waals surface area (Å²) in [5, 5.41) is 2.32. The molecule has 1 aliphatic rings. The van der Waals surface area contributed by atoms with E-state index >= 15 is 0 Å². The van der Waals surface area contributed by atoms with Gasteiger partial charge in [-0.3, -0.25) is 0 Å². The Labute approximate surface area is 315 Å². The van der Waals surface area contributed by atoms with Crippen LogP contribution in [0.4, 0.5) is 34.1 Å². The summed E-state index contributed by atoms with van der Waals surface area (Å²) in [5.41, 5.74) is 14.3. The van der Waals surface area contributed by atoms with Crippen molar-refractivity contribution in [3.8, 4) is 22.6 Å². The van der Waals surface area contributed by atoms with E-state index in [1.165, 1.54) is 27.6 Å². The molecule has 0 unspecified atom stereocenters. The molecule has 258 valence electrons. The van der Waals surface area contributed by atoms with Crippen molar-refractivity contribution in [1.82, 2.24) is 4.98 Å². The third-order valence-electron chi connectivity index (χ3n) is 10.8. The zero-order valence-electron chi connectivity index (χ0n) is 30.1. The quantitative estimate of drug-likeness (QED) is 0.166. The van der Waals surface area contributed by atoms with Crippen molar-refractivity contribution in [2.45, 2.75) is 19.3 Å². The highest BCUT2D eigenvalue weighted by Crippen LogP contribution is 2.52. The number of anilines is 6. The van der Waals surface area contributed by atoms with E-state index in [0.29, 0.717) is 5.89 Å². The smallest absolute Gasteiger partial charge is 0.227 e. The van der Waals surface area contributed by atoms with Gasteiger partial charge < -0.3 is 14.2 Å². The maximum atomic E-state index is 6.64. The molecule has 8 aromatic carbocycles. The maximum Gasteiger partial charge on any atom is 0.227 e. The van der Waals surface area contributed by atoms with Crippen molar-refractivity contribution in [2.75, 3.05) is 9.80 Å². The molecule has 0 N–H and O–H groups in total. The van der Waals surface area contributed by atoms with Gasteiger partial charge >= 0.3 is 0 Å². The third-order valence-corrected chi connectivity index (χ3v) is 10.8. The Morgan fingerprint density at radius 1 is 0.444 bits per heavy atom. The lowest BCUT2D eigenvalue weighted by Crippen LogP contribution is -2.15. The predicted molar refractivity (Wildman–Crippen MR) is 224 cm³/mol. The Hall–Kier alpha value is -6.91. The van der Waals surface area contributed by atoms with Gasteiger partial charge in [0.25, 0.3) is 0 Å². The topological polar surface area (TPSA) is 32.5 Å². The van der Waals surface area contributed by atoms with Crippen LogP contribution in [-0.4, -0.2) is 4.98 Å². The van der Waals surface area contributed by atoms with Crippen molar-refractivity contribution >= 4 is 56.0 Å². The van der Waals surface area contributed by atoms with Crippen molar-refractivity contribution in [1.29, 1.82) is 0 Å². The number of oxazole rings is 1. The van der Waals surface area contributed by atoms with Gasteiger partial charge in [-0.25, -0.2) is 4.98 Å². The number of fused-ring (bicyclic) bond motifs is 7. The summed E-state index contributed by atoms with van der Waals surface area (Å²) in [7, 11) is 0. The summed E-state index contributed by atoms with van der Waals surface area (Å²) in [5.74, 6) is 0.613. The van der Waals surface area contributed by atoms with Gasteiger partial charge in [-0.15, -0.1) is 0 Å². The zero-order chi connectivity index (χ0) is 36.2. The van der Waals surface area contributed by atoms with Crippen LogP contribution < -0.4 is 9.80 Å². The Morgan fingerprint density at radius 2 is 0.963 bits per heavy atom. The van der Waals surface area contributed by atoms with Crippen molar-refractivity contribution in [3.05, 3.63) is 199 Å². The van der Waals surface area contributed by atoms with Crippen molar-refractivity contribution in [3.63, 3.8) is 0 Å². The monoisotopic (exact) mass is 695 g/mol. The molecular formula is C50H37N3O. The highest BCUT2D eigenvalue weighted by Gasteiger charge is 2.37. The molecule has 0 bridgehead atoms. The molecule has 54 heavy (non-hydrogen) atoms. The minimum Gasteiger partial charge on any atom is -0.435 e. The molecule has 4 heteroatoms. The van der Waals surface area contributed by atoms with Crippen LogP contribution in [0.25, 0.3) is 44.5 Å². The molecular weight excluding hydrogens is 659 g/mol. The molecule has 0 spiro atoms. The molecule has 1 heterocycles. The predicted octanol–water partition coefficient (Wildman–Crippen LogP) is 13.9. The van der Waals surface area contributed by atoms with Crippen LogP contribution in [-0.2, 0) is 5.41 Å². The first-order valence-electron chi connectivity index (χ1n) is 18.5. The molecule has 0 fully saturated rings. The lowest BCUT2D eigenvalue weighted by atomic mass is 9.80. The van der Waals surface area contributed by atoms with Gasteiger partial charge in [-0.1, -0.05) is 111 Å². The average molecular weight is 696 g/mol. The van der Waals surface area contributed by atoms with Gasteiger partial charge in [0.15, 0.2) is 5.58 Å². The molecule has 1 aliphatic carbocycles. The Kier molecular flexibility index (Phi) is 7.44. The number of hydrogen-bond acceptors (Lipinski definition) is 4. The summed E-state index contributed by atoms with van der Waals surface area (Å²) < 4.78 is 6.64. The second kappa shape index (κ2) is 12.6. The van der Waals surface area contributed by atoms with Gasteiger partial charge in [0.1, 0.15) is 5.52 Å². The fraction of sp³-hybridized carbons (Fsp3) is 0.0600. The number of hydrogen-bond donors (Lipinski definition) is 0. The first-order valence-corrected chi connectivity index (χ1v) is 18.5. The third kappa shape index (κ3) is 5.18. The van der Waals surface area contributed by atoms with Crippen LogP contribution >= 0.6 is 0 Å². The van der Waals surface area contributed by atoms with E-state index in [-0.39, 0.29) is 5.41 Å². The first-order chi connectivity index (χ1) is 26.5. The van der Waals surface area contributed by atoms with Gasteiger partial charge in [-0.2, -0.15) is 0 Å². The Bertz CT molecular complexity index is 2750. The van der Waals surface area contributed by atoms with Crippen LogP contribution in [0.3, 0.4) is 0 Å². The molecule has 4 nitrogen and oxygen atoms in total. The number of rotatable bonds is 7. The highest BCUT2D eigenvalue weighted by molar-refractivity contribution is 6.08. The molecule has 9 aromatic rings. The van der Waals surface area contributed by atoms with Gasteiger partial charge in [0.2, 0.25) is 5.89 Å². The van der Waals surface area contributed by atoms with E-state index in [1.54, 1.807) is 0 Å². The molecule has 0 atom stereocenters. The number of para-hydroxylation sites is 3. The number of nitrogens with zero attached hydrogens (tertiary/aromatic N) is 3. The lowest BCUT2D eigenvalue weighted by molar-refractivity contribution is 0.623. The largest absolute Gasteiger partial charge is 0.435 e. The number of aromatic nitrogens is 1. The Balaban J connectivity index is 1.03. The molecule has 0 saturated carbocycles. The van der Waals surface area contributed by atoms with E-state index in [1.807, 2.05) is 0 Å². The zero-order valence-corrected chi connectivity index (χ0v) is 30.1. The van der Waals surface area contributed by atoms with E-state index in [0.717, 1.165) is 56.2 Å². The average Bonchev–Trinajstić information content (AvgIpc) is 3.77. The summed E-state index contributed by atoms with van der Waals surface area (Å²) in [6.07, 6.45) is 0. The normalized spacial score (nSPS) is 12.8. The second-order valence-electron chi connectivity index (χ2n) is 14.4. The van der Waals surface area contributed by atoms with Crippen LogP contribution in [0.1, 0.15) is 25.0 Å². The summed E-state index contributed by atoms with van der Waals surface area (Å²) in [6.45, 7) is 4.65. The minimum absolute atomic E-state index is 0.108. The number of benzene rings is 8. The second-order valence-corrected chi connectivity index (χ2v) is 14.4. The molecule has 10 rings (SSSR count). The molecule has 1 aromatic heterocycles. The van der Waals surface area contributed by atoms with E-state index in [2.05, 4.69) is 212 Å². The van der Waals surface area contributed by atoms with Gasteiger partial charge in [-0.05, 0) is 119 Å². The standard InChI is InChI=1S/C50H37N3O/c1-50(2)45-24-13-12-23-41(45)42-29-30-44-43(47(42)50)31-32-46-48(44)54-49(51-46)34-25-27-38(28-26-34)53(37-19-10-5-11-20-37)40-22-14-21-39(33-40)52(35-15-6-3-7-16-35)36-17-8-4-9-18-36/h3-33H,1-2H3. The van der Waals surface area contributed by atoms with Crippen molar-refractivity contribution in [2.24, 2.45) is 0 Å². The van der Waals surface area contributed by atoms with E-state index < -0.39 is 0 Å². The first kappa shape index (κ1) is 31.8. The highest BCUT2D eigenvalue weighted by atomic mass is 16.3. The summed E-state index contributed by atoms with van der Waals surface area (Å²) in [4.78, 5) is 9.58. The van der Waals surface area contributed by atoms with Crippen LogP contribution in [0.5, 0.6) is 0 Å². The minimum atomic E-state index is -0.108. The summed E-state index contributed by atoms with van der Waals surface area (Å²) >= 11 is 0. The van der Waals surface area contributed by atoms with Crippen LogP contribution in [0, 0.1) is 0 Å². The Morgan fingerprint density at radius 3 is 1.57 bits per heavy atom. The molecule has 0 aliphatic heterocycles. The van der Waals surface area contributed by atoms with Crippen LogP contribution in [0.2, 0.25) is 0 Å². The lowest BCUT2D eigenvalue weighted by Gasteiger charge is -2.29. The molecule has 0 radical (unpaired) electrons.